The summed E-state index contributed by atoms with van der Waals surface area (Å²) < 4.78 is 23.1. The summed E-state index contributed by atoms with van der Waals surface area (Å²) in [5, 5.41) is 8.63. The predicted octanol–water partition coefficient (Wildman–Crippen LogP) is 6.58. The van der Waals surface area contributed by atoms with Crippen LogP contribution in [0, 0.1) is 0 Å². The van der Waals surface area contributed by atoms with Crippen molar-refractivity contribution in [2.75, 3.05) is 13.2 Å². The van der Waals surface area contributed by atoms with Crippen molar-refractivity contribution < 1.29 is 33.6 Å². The third kappa shape index (κ3) is 19.5. The first-order valence-electron chi connectivity index (χ1n) is 12.7. The molecular formula is C25H48O7. The van der Waals surface area contributed by atoms with Crippen molar-refractivity contribution in [3.8, 4) is 0 Å². The Bertz CT molecular complexity index is 453. The Morgan fingerprint density at radius 2 is 1.22 bits per heavy atom. The van der Waals surface area contributed by atoms with Crippen LogP contribution in [0.15, 0.2) is 0 Å². The van der Waals surface area contributed by atoms with Crippen molar-refractivity contribution in [3.63, 3.8) is 0 Å². The van der Waals surface area contributed by atoms with E-state index in [1.165, 1.54) is 12.8 Å². The molecule has 0 aromatic carbocycles. The maximum atomic E-state index is 12.1. The van der Waals surface area contributed by atoms with E-state index in [1.54, 1.807) is 13.8 Å². The van der Waals surface area contributed by atoms with Gasteiger partial charge in [-0.25, -0.2) is 0 Å². The van der Waals surface area contributed by atoms with Crippen LogP contribution in [0.2, 0.25) is 0 Å². The Kier molecular flexibility index (Phi) is 19.7. The molecule has 0 aromatic rings. The number of carboxylic acid groups (broad SMARTS) is 1. The van der Waals surface area contributed by atoms with Gasteiger partial charge in [0, 0.05) is 19.8 Å². The van der Waals surface area contributed by atoms with E-state index in [0.717, 1.165) is 64.2 Å². The minimum absolute atomic E-state index is 0.205. The molecule has 0 aliphatic heterocycles. The molecule has 0 aliphatic rings. The number of carbonyl (C=O) groups is 2. The van der Waals surface area contributed by atoms with Gasteiger partial charge < -0.3 is 19.3 Å². The lowest BCUT2D eigenvalue weighted by Crippen LogP contribution is -2.40. The SMILES string of the molecule is CCCCCCOC(C)(OCCCCCC)OC(C)OC(=O)CCCCCCCC(=O)O. The predicted molar refractivity (Wildman–Crippen MR) is 125 cm³/mol. The molecule has 0 spiro atoms. The zero-order valence-corrected chi connectivity index (χ0v) is 21.0. The fourth-order valence-corrected chi connectivity index (χ4v) is 3.33. The minimum atomic E-state index is -1.23. The second kappa shape index (κ2) is 20.4. The fourth-order valence-electron chi connectivity index (χ4n) is 3.33. The number of hydrogen-bond acceptors (Lipinski definition) is 6. The van der Waals surface area contributed by atoms with Crippen molar-refractivity contribution in [1.82, 2.24) is 0 Å². The number of unbranched alkanes of at least 4 members (excludes halogenated alkanes) is 10. The zero-order chi connectivity index (χ0) is 24.1. The van der Waals surface area contributed by atoms with Crippen molar-refractivity contribution >= 4 is 11.9 Å². The topological polar surface area (TPSA) is 91.3 Å². The van der Waals surface area contributed by atoms with Crippen LogP contribution in [0.5, 0.6) is 0 Å². The zero-order valence-electron chi connectivity index (χ0n) is 21.0. The standard InChI is InChI=1S/C25H48O7/c1-5-7-9-16-20-29-25(4,30-21-17-10-8-6-2)32-22(3)31-24(28)19-15-13-11-12-14-18-23(26)27/h22H,5-21H2,1-4H3,(H,26,27). The molecule has 1 unspecified atom stereocenters. The maximum absolute atomic E-state index is 12.1. The van der Waals surface area contributed by atoms with Crippen LogP contribution in [0.3, 0.4) is 0 Å². The summed E-state index contributed by atoms with van der Waals surface area (Å²) in [4.78, 5) is 22.6. The summed E-state index contributed by atoms with van der Waals surface area (Å²) >= 11 is 0. The molecule has 1 atom stereocenters. The van der Waals surface area contributed by atoms with Gasteiger partial charge in [0.05, 0.1) is 13.2 Å². The fraction of sp³-hybridized carbons (Fsp3) is 0.920. The van der Waals surface area contributed by atoms with Crippen molar-refractivity contribution in [1.29, 1.82) is 0 Å². The quantitative estimate of drug-likeness (QED) is 0.105. The molecule has 0 bridgehead atoms. The van der Waals surface area contributed by atoms with Crippen molar-refractivity contribution in [2.24, 2.45) is 0 Å². The largest absolute Gasteiger partial charge is 0.481 e. The summed E-state index contributed by atoms with van der Waals surface area (Å²) in [7, 11) is 0. The summed E-state index contributed by atoms with van der Waals surface area (Å²) in [5.41, 5.74) is 0. The van der Waals surface area contributed by atoms with Gasteiger partial charge >= 0.3 is 11.9 Å². The lowest BCUT2D eigenvalue weighted by molar-refractivity contribution is -0.403. The smallest absolute Gasteiger partial charge is 0.308 e. The number of esters is 1. The molecule has 32 heavy (non-hydrogen) atoms. The van der Waals surface area contributed by atoms with Gasteiger partial charge in [-0.2, -0.15) is 0 Å². The molecule has 0 fully saturated rings. The van der Waals surface area contributed by atoms with Gasteiger partial charge in [0.25, 0.3) is 5.97 Å². The van der Waals surface area contributed by atoms with E-state index in [1.807, 2.05) is 0 Å². The molecule has 0 rings (SSSR count). The molecule has 1 N–H and O–H groups in total. The minimum Gasteiger partial charge on any atom is -0.481 e. The van der Waals surface area contributed by atoms with Crippen LogP contribution in [0.25, 0.3) is 0 Å². The van der Waals surface area contributed by atoms with E-state index in [0.29, 0.717) is 26.1 Å². The molecule has 7 nitrogen and oxygen atoms in total. The molecule has 0 saturated carbocycles. The Morgan fingerprint density at radius 3 is 1.72 bits per heavy atom. The van der Waals surface area contributed by atoms with E-state index in [-0.39, 0.29) is 12.4 Å². The summed E-state index contributed by atoms with van der Waals surface area (Å²) in [5.74, 6) is -2.30. The van der Waals surface area contributed by atoms with Gasteiger partial charge in [-0.15, -0.1) is 0 Å². The van der Waals surface area contributed by atoms with E-state index in [9.17, 15) is 9.59 Å². The van der Waals surface area contributed by atoms with E-state index < -0.39 is 18.2 Å². The van der Waals surface area contributed by atoms with Crippen LogP contribution < -0.4 is 0 Å². The van der Waals surface area contributed by atoms with Crippen LogP contribution in [0.4, 0.5) is 0 Å². The van der Waals surface area contributed by atoms with E-state index in [4.69, 9.17) is 24.1 Å². The van der Waals surface area contributed by atoms with Gasteiger partial charge in [0.1, 0.15) is 0 Å². The summed E-state index contributed by atoms with van der Waals surface area (Å²) in [6.45, 7) is 8.84. The Hall–Kier alpha value is -1.18. The molecule has 0 amide bonds. The number of carbonyl (C=O) groups excluding carboxylic acids is 1. The maximum Gasteiger partial charge on any atom is 0.308 e. The van der Waals surface area contributed by atoms with Gasteiger partial charge in [-0.1, -0.05) is 71.6 Å². The van der Waals surface area contributed by atoms with Crippen LogP contribution in [-0.2, 0) is 28.5 Å². The normalized spacial score (nSPS) is 12.6. The molecule has 0 saturated heterocycles. The van der Waals surface area contributed by atoms with Crippen LogP contribution >= 0.6 is 0 Å². The average molecular weight is 461 g/mol. The molecule has 0 aliphatic carbocycles. The van der Waals surface area contributed by atoms with Crippen molar-refractivity contribution in [3.05, 3.63) is 0 Å². The lowest BCUT2D eigenvalue weighted by Gasteiger charge is -2.32. The second-order valence-electron chi connectivity index (χ2n) is 8.52. The van der Waals surface area contributed by atoms with Gasteiger partial charge in [0.15, 0.2) is 0 Å². The molecule has 7 heteroatoms. The Balaban J connectivity index is 4.28. The van der Waals surface area contributed by atoms with Crippen LogP contribution in [-0.4, -0.2) is 42.5 Å². The Morgan fingerprint density at radius 1 is 0.750 bits per heavy atom. The van der Waals surface area contributed by atoms with Gasteiger partial charge in [0.2, 0.25) is 6.29 Å². The molecule has 0 radical (unpaired) electrons. The third-order valence-electron chi connectivity index (χ3n) is 5.17. The molecule has 0 aromatic heterocycles. The second-order valence-corrected chi connectivity index (χ2v) is 8.52. The first kappa shape index (κ1) is 30.8. The lowest BCUT2D eigenvalue weighted by atomic mass is 10.1. The highest BCUT2D eigenvalue weighted by molar-refractivity contribution is 5.69. The summed E-state index contributed by atoms with van der Waals surface area (Å²) in [6.07, 6.45) is 12.6. The number of ether oxygens (including phenoxy) is 4. The molecule has 190 valence electrons. The first-order chi connectivity index (χ1) is 15.3. The van der Waals surface area contributed by atoms with Crippen LogP contribution in [0.1, 0.15) is 124 Å². The molecular weight excluding hydrogens is 412 g/mol. The van der Waals surface area contributed by atoms with Gasteiger partial charge in [-0.05, 0) is 32.6 Å². The first-order valence-corrected chi connectivity index (χ1v) is 12.7. The molecule has 0 heterocycles. The van der Waals surface area contributed by atoms with Gasteiger partial charge in [-0.3, -0.25) is 14.3 Å². The van der Waals surface area contributed by atoms with E-state index >= 15 is 0 Å². The number of rotatable bonds is 23. The number of carboxylic acids is 1. The highest BCUT2D eigenvalue weighted by atomic mass is 16.9. The average Bonchev–Trinajstić information content (AvgIpc) is 2.72. The van der Waals surface area contributed by atoms with E-state index in [2.05, 4.69) is 13.8 Å². The number of hydrogen-bond donors (Lipinski definition) is 1. The monoisotopic (exact) mass is 460 g/mol. The summed E-state index contributed by atoms with van der Waals surface area (Å²) in [6, 6.07) is 0. The highest BCUT2D eigenvalue weighted by Gasteiger charge is 2.31. The Labute approximate surface area is 195 Å². The highest BCUT2D eigenvalue weighted by Crippen LogP contribution is 2.20. The third-order valence-corrected chi connectivity index (χ3v) is 5.17. The number of aliphatic carboxylic acids is 1. The van der Waals surface area contributed by atoms with Crippen molar-refractivity contribution in [2.45, 2.75) is 136 Å².